The predicted molar refractivity (Wildman–Crippen MR) is 76.5 cm³/mol. The lowest BCUT2D eigenvalue weighted by Crippen LogP contribution is -2.39. The van der Waals surface area contributed by atoms with Crippen molar-refractivity contribution in [3.63, 3.8) is 0 Å². The minimum atomic E-state index is -0.823. The summed E-state index contributed by atoms with van der Waals surface area (Å²) in [5.74, 6) is -0.836. The van der Waals surface area contributed by atoms with Crippen molar-refractivity contribution in [3.8, 4) is 0 Å². The summed E-state index contributed by atoms with van der Waals surface area (Å²) in [4.78, 5) is 26.6. The predicted octanol–water partition coefficient (Wildman–Crippen LogP) is 2.24. The molecule has 0 saturated heterocycles. The molecule has 1 aromatic heterocycles. The van der Waals surface area contributed by atoms with Gasteiger partial charge < -0.3 is 15.0 Å². The lowest BCUT2D eigenvalue weighted by molar-refractivity contribution is -0.129. The summed E-state index contributed by atoms with van der Waals surface area (Å²) in [5, 5.41) is 3.63. The Hall–Kier alpha value is -2.30. The number of ether oxygens (including phenoxy) is 1. The third-order valence-corrected chi connectivity index (χ3v) is 2.83. The molecule has 0 saturated carbocycles. The summed E-state index contributed by atoms with van der Waals surface area (Å²) in [6, 6.07) is 9.27. The maximum atomic E-state index is 12.0. The van der Waals surface area contributed by atoms with E-state index in [1.165, 1.54) is 0 Å². The van der Waals surface area contributed by atoms with Crippen LogP contribution in [0.25, 0.3) is 10.9 Å². The smallest absolute Gasteiger partial charge is 0.355 e. The number of fused-ring (bicyclic) bond motifs is 1. The minimum Gasteiger partial charge on any atom is -0.448 e. The van der Waals surface area contributed by atoms with Gasteiger partial charge in [0.15, 0.2) is 6.10 Å². The zero-order valence-corrected chi connectivity index (χ0v) is 11.8. The molecular weight excluding hydrogens is 256 g/mol. The number of nitrogens with one attached hydrogen (secondary N) is 2. The van der Waals surface area contributed by atoms with Crippen LogP contribution in [0.1, 0.15) is 31.3 Å². The molecule has 0 fully saturated rings. The van der Waals surface area contributed by atoms with Crippen LogP contribution in [0.4, 0.5) is 0 Å². The van der Waals surface area contributed by atoms with Gasteiger partial charge in [0.2, 0.25) is 0 Å². The van der Waals surface area contributed by atoms with Gasteiger partial charge in [0, 0.05) is 16.9 Å². The zero-order valence-electron chi connectivity index (χ0n) is 11.8. The number of aromatic nitrogens is 1. The second kappa shape index (κ2) is 5.77. The molecule has 20 heavy (non-hydrogen) atoms. The number of carbonyl (C=O) groups is 2. The molecule has 1 heterocycles. The highest BCUT2D eigenvalue weighted by Gasteiger charge is 2.20. The van der Waals surface area contributed by atoms with Crippen molar-refractivity contribution in [3.05, 3.63) is 36.0 Å². The number of rotatable bonds is 4. The number of amides is 1. The molecule has 5 heteroatoms. The van der Waals surface area contributed by atoms with E-state index in [4.69, 9.17) is 4.74 Å². The zero-order chi connectivity index (χ0) is 14.7. The molecule has 2 aromatic rings. The quantitative estimate of drug-likeness (QED) is 0.840. The van der Waals surface area contributed by atoms with Crippen molar-refractivity contribution in [2.24, 2.45) is 0 Å². The van der Waals surface area contributed by atoms with Crippen LogP contribution >= 0.6 is 0 Å². The van der Waals surface area contributed by atoms with Gasteiger partial charge in [-0.1, -0.05) is 18.2 Å². The van der Waals surface area contributed by atoms with E-state index in [1.54, 1.807) is 13.0 Å². The summed E-state index contributed by atoms with van der Waals surface area (Å²) in [6.45, 7) is 5.26. The third-order valence-electron chi connectivity index (χ3n) is 2.83. The van der Waals surface area contributed by atoms with E-state index in [-0.39, 0.29) is 11.9 Å². The number of esters is 1. The van der Waals surface area contributed by atoms with Gasteiger partial charge in [-0.15, -0.1) is 0 Å². The van der Waals surface area contributed by atoms with Gasteiger partial charge in [0.1, 0.15) is 5.69 Å². The highest BCUT2D eigenvalue weighted by atomic mass is 16.5. The summed E-state index contributed by atoms with van der Waals surface area (Å²) in [7, 11) is 0. The van der Waals surface area contributed by atoms with Crippen molar-refractivity contribution in [2.75, 3.05) is 0 Å². The Labute approximate surface area is 117 Å². The molecule has 0 spiro atoms. The van der Waals surface area contributed by atoms with Crippen LogP contribution in [0.5, 0.6) is 0 Å². The fourth-order valence-corrected chi connectivity index (χ4v) is 1.86. The highest BCUT2D eigenvalue weighted by molar-refractivity contribution is 5.96. The number of benzene rings is 1. The normalized spacial score (nSPS) is 12.4. The molecule has 0 unspecified atom stereocenters. The van der Waals surface area contributed by atoms with Gasteiger partial charge in [-0.05, 0) is 32.9 Å². The van der Waals surface area contributed by atoms with Crippen LogP contribution in [-0.2, 0) is 9.53 Å². The number of carbonyl (C=O) groups excluding carboxylic acids is 2. The number of hydrogen-bond acceptors (Lipinski definition) is 3. The largest absolute Gasteiger partial charge is 0.448 e. The molecule has 2 N–H and O–H groups in total. The van der Waals surface area contributed by atoms with Crippen LogP contribution in [-0.4, -0.2) is 29.0 Å². The fourth-order valence-electron chi connectivity index (χ4n) is 1.86. The minimum absolute atomic E-state index is 0.0109. The van der Waals surface area contributed by atoms with Gasteiger partial charge >= 0.3 is 5.97 Å². The van der Waals surface area contributed by atoms with E-state index in [1.807, 2.05) is 38.1 Å². The molecule has 0 radical (unpaired) electrons. The van der Waals surface area contributed by atoms with Crippen LogP contribution in [0.15, 0.2) is 30.3 Å². The van der Waals surface area contributed by atoms with Crippen LogP contribution in [0, 0.1) is 0 Å². The molecule has 0 aliphatic carbocycles. The van der Waals surface area contributed by atoms with Crippen molar-refractivity contribution < 1.29 is 14.3 Å². The first-order valence-corrected chi connectivity index (χ1v) is 6.56. The molecular formula is C15H18N2O3. The maximum Gasteiger partial charge on any atom is 0.355 e. The average molecular weight is 274 g/mol. The van der Waals surface area contributed by atoms with Crippen LogP contribution < -0.4 is 5.32 Å². The van der Waals surface area contributed by atoms with Gasteiger partial charge in [0.25, 0.3) is 5.91 Å². The Balaban J connectivity index is 2.06. The van der Waals surface area contributed by atoms with E-state index < -0.39 is 12.1 Å². The summed E-state index contributed by atoms with van der Waals surface area (Å²) in [5.41, 5.74) is 1.20. The van der Waals surface area contributed by atoms with Crippen LogP contribution in [0.3, 0.4) is 0 Å². The summed E-state index contributed by atoms with van der Waals surface area (Å²) >= 11 is 0. The average Bonchev–Trinajstić information content (AvgIpc) is 2.81. The molecule has 0 aliphatic heterocycles. The molecule has 0 aliphatic rings. The Morgan fingerprint density at radius 2 is 1.90 bits per heavy atom. The van der Waals surface area contributed by atoms with Crippen molar-refractivity contribution in [2.45, 2.75) is 32.9 Å². The first kappa shape index (κ1) is 14.1. The van der Waals surface area contributed by atoms with Crippen molar-refractivity contribution in [1.82, 2.24) is 10.3 Å². The van der Waals surface area contributed by atoms with Crippen LogP contribution in [0.2, 0.25) is 0 Å². The van der Waals surface area contributed by atoms with E-state index in [0.29, 0.717) is 5.69 Å². The molecule has 1 atom stereocenters. The molecule has 1 aromatic carbocycles. The lowest BCUT2D eigenvalue weighted by Gasteiger charge is -2.14. The summed E-state index contributed by atoms with van der Waals surface area (Å²) in [6.07, 6.45) is -0.823. The Morgan fingerprint density at radius 1 is 1.20 bits per heavy atom. The highest BCUT2D eigenvalue weighted by Crippen LogP contribution is 2.15. The monoisotopic (exact) mass is 274 g/mol. The maximum absolute atomic E-state index is 12.0. The lowest BCUT2D eigenvalue weighted by atomic mass is 10.2. The fraction of sp³-hybridized carbons (Fsp3) is 0.333. The van der Waals surface area contributed by atoms with Crippen molar-refractivity contribution >= 4 is 22.8 Å². The molecule has 1 amide bonds. The second-order valence-corrected chi connectivity index (χ2v) is 4.98. The molecule has 5 nitrogen and oxygen atoms in total. The van der Waals surface area contributed by atoms with Gasteiger partial charge in [-0.25, -0.2) is 4.79 Å². The molecule has 0 bridgehead atoms. The summed E-state index contributed by atoms with van der Waals surface area (Å²) < 4.78 is 5.15. The number of aromatic amines is 1. The van der Waals surface area contributed by atoms with E-state index >= 15 is 0 Å². The van der Waals surface area contributed by atoms with E-state index in [2.05, 4.69) is 10.3 Å². The standard InChI is InChI=1S/C15H18N2O3/c1-9(2)16-14(18)10(3)20-15(19)13-8-11-6-4-5-7-12(11)17-13/h4-10,17H,1-3H3,(H,16,18)/t10-/m1/s1. The number of H-pyrrole nitrogens is 1. The van der Waals surface area contributed by atoms with E-state index in [0.717, 1.165) is 10.9 Å². The second-order valence-electron chi connectivity index (χ2n) is 4.98. The third kappa shape index (κ3) is 3.17. The van der Waals surface area contributed by atoms with Crippen molar-refractivity contribution in [1.29, 1.82) is 0 Å². The first-order valence-electron chi connectivity index (χ1n) is 6.56. The van der Waals surface area contributed by atoms with Gasteiger partial charge in [-0.2, -0.15) is 0 Å². The topological polar surface area (TPSA) is 71.2 Å². The van der Waals surface area contributed by atoms with Gasteiger partial charge in [-0.3, -0.25) is 4.79 Å². The van der Waals surface area contributed by atoms with Gasteiger partial charge in [0.05, 0.1) is 0 Å². The Bertz CT molecular complexity index is 598. The van der Waals surface area contributed by atoms with E-state index in [9.17, 15) is 9.59 Å². The number of para-hydroxylation sites is 1. The SMILES string of the molecule is CC(C)NC(=O)[C@@H](C)OC(=O)c1cc2ccccc2[nH]1. The molecule has 2 rings (SSSR count). The number of hydrogen-bond donors (Lipinski definition) is 2. The molecule has 106 valence electrons. The first-order chi connectivity index (χ1) is 9.47. The Morgan fingerprint density at radius 3 is 2.55 bits per heavy atom. The Kier molecular flexibility index (Phi) is 4.08.